The van der Waals surface area contributed by atoms with Crippen molar-refractivity contribution in [1.82, 2.24) is 0 Å². The van der Waals surface area contributed by atoms with Crippen molar-refractivity contribution in [3.8, 4) is 0 Å². The molecule has 90 valence electrons. The topological polar surface area (TPSA) is 38.0 Å². The molecule has 0 aliphatic rings. The maximum Gasteiger partial charge on any atom is 0.0578 e. The summed E-state index contributed by atoms with van der Waals surface area (Å²) in [7, 11) is 0. The van der Waals surface area contributed by atoms with Gasteiger partial charge in [-0.2, -0.15) is 0 Å². The summed E-state index contributed by atoms with van der Waals surface area (Å²) in [6.45, 7) is 6.36. The summed E-state index contributed by atoms with van der Waals surface area (Å²) in [6, 6.07) is 10.7. The molecular weight excluding hydrogens is 228 g/mol. The van der Waals surface area contributed by atoms with Crippen LogP contribution in [0, 0.1) is 13.8 Å². The monoisotopic (exact) mass is 246 g/mol. The molecule has 0 bridgehead atoms. The van der Waals surface area contributed by atoms with Crippen molar-refractivity contribution >= 4 is 22.7 Å². The van der Waals surface area contributed by atoms with Gasteiger partial charge in [0.25, 0.3) is 0 Å². The number of thiophene rings is 1. The molecule has 0 saturated carbocycles. The molecule has 1 unspecified atom stereocenters. The van der Waals surface area contributed by atoms with Crippen molar-refractivity contribution in [2.24, 2.45) is 0 Å². The highest BCUT2D eigenvalue weighted by Crippen LogP contribution is 2.26. The number of hydrogen-bond donors (Lipinski definition) is 2. The molecule has 2 aromatic rings. The Morgan fingerprint density at radius 1 is 1.18 bits per heavy atom. The minimum absolute atomic E-state index is 0.315. The standard InChI is InChI=1S/C14H18N2S/c1-9-6-12(15)8-13(7-9)16-11(3)14-5-4-10(2)17-14/h4-8,11,16H,15H2,1-3H3. The van der Waals surface area contributed by atoms with Crippen LogP contribution in [0.2, 0.25) is 0 Å². The van der Waals surface area contributed by atoms with Gasteiger partial charge >= 0.3 is 0 Å². The lowest BCUT2D eigenvalue weighted by Gasteiger charge is -2.14. The van der Waals surface area contributed by atoms with E-state index in [9.17, 15) is 0 Å². The molecular formula is C14H18N2S. The fraction of sp³-hybridized carbons (Fsp3) is 0.286. The Kier molecular flexibility index (Phi) is 3.38. The molecule has 17 heavy (non-hydrogen) atoms. The molecule has 0 spiro atoms. The quantitative estimate of drug-likeness (QED) is 0.799. The highest BCUT2D eigenvalue weighted by molar-refractivity contribution is 7.12. The number of nitrogens with one attached hydrogen (secondary N) is 1. The van der Waals surface area contributed by atoms with Crippen LogP contribution in [0.5, 0.6) is 0 Å². The first kappa shape index (κ1) is 12.0. The van der Waals surface area contributed by atoms with E-state index in [-0.39, 0.29) is 0 Å². The molecule has 1 atom stereocenters. The van der Waals surface area contributed by atoms with E-state index >= 15 is 0 Å². The van der Waals surface area contributed by atoms with Gasteiger partial charge in [-0.3, -0.25) is 0 Å². The molecule has 0 fully saturated rings. The number of hydrogen-bond acceptors (Lipinski definition) is 3. The van der Waals surface area contributed by atoms with E-state index < -0.39 is 0 Å². The van der Waals surface area contributed by atoms with Crippen molar-refractivity contribution in [3.05, 3.63) is 45.6 Å². The Labute approximate surface area is 106 Å². The summed E-state index contributed by atoms with van der Waals surface area (Å²) < 4.78 is 0. The van der Waals surface area contributed by atoms with Gasteiger partial charge in [0.1, 0.15) is 0 Å². The predicted molar refractivity (Wildman–Crippen MR) is 76.7 cm³/mol. The molecule has 2 rings (SSSR count). The van der Waals surface area contributed by atoms with Crippen LogP contribution < -0.4 is 11.1 Å². The molecule has 1 aromatic heterocycles. The number of rotatable bonds is 3. The first-order valence-corrected chi connectivity index (χ1v) is 6.56. The number of benzene rings is 1. The highest BCUT2D eigenvalue weighted by Gasteiger charge is 2.07. The Bertz CT molecular complexity index is 496. The zero-order valence-corrected chi connectivity index (χ0v) is 11.3. The van der Waals surface area contributed by atoms with Crippen LogP contribution in [0.15, 0.2) is 30.3 Å². The first-order chi connectivity index (χ1) is 8.04. The molecule has 1 heterocycles. The SMILES string of the molecule is Cc1cc(N)cc(NC(C)c2ccc(C)s2)c1. The van der Waals surface area contributed by atoms with Gasteiger partial charge in [-0.05, 0) is 56.7 Å². The van der Waals surface area contributed by atoms with Gasteiger partial charge < -0.3 is 11.1 Å². The van der Waals surface area contributed by atoms with E-state index in [2.05, 4.69) is 44.3 Å². The second-order valence-corrected chi connectivity index (χ2v) is 5.77. The second kappa shape index (κ2) is 4.80. The third kappa shape index (κ3) is 3.01. The molecule has 0 radical (unpaired) electrons. The number of aryl methyl sites for hydroxylation is 2. The fourth-order valence-corrected chi connectivity index (χ4v) is 2.78. The van der Waals surface area contributed by atoms with Crippen molar-refractivity contribution in [2.45, 2.75) is 26.8 Å². The average molecular weight is 246 g/mol. The van der Waals surface area contributed by atoms with Crippen molar-refractivity contribution in [3.63, 3.8) is 0 Å². The maximum absolute atomic E-state index is 5.84. The van der Waals surface area contributed by atoms with Crippen LogP contribution in [0.4, 0.5) is 11.4 Å². The summed E-state index contributed by atoms with van der Waals surface area (Å²) in [5, 5.41) is 3.48. The number of nitrogens with two attached hydrogens (primary N) is 1. The maximum atomic E-state index is 5.84. The molecule has 0 saturated heterocycles. The molecule has 2 nitrogen and oxygen atoms in total. The van der Waals surface area contributed by atoms with Crippen molar-refractivity contribution in [2.75, 3.05) is 11.1 Å². The van der Waals surface area contributed by atoms with E-state index in [0.717, 1.165) is 11.4 Å². The zero-order chi connectivity index (χ0) is 12.4. The van der Waals surface area contributed by atoms with E-state index in [4.69, 9.17) is 5.73 Å². The molecule has 3 N–H and O–H groups in total. The Balaban J connectivity index is 2.15. The molecule has 0 aliphatic carbocycles. The summed E-state index contributed by atoms with van der Waals surface area (Å²) in [6.07, 6.45) is 0. The minimum Gasteiger partial charge on any atom is -0.399 e. The molecule has 3 heteroatoms. The third-order valence-corrected chi connectivity index (χ3v) is 3.85. The largest absolute Gasteiger partial charge is 0.399 e. The minimum atomic E-state index is 0.315. The van der Waals surface area contributed by atoms with Gasteiger partial charge in [0.15, 0.2) is 0 Å². The van der Waals surface area contributed by atoms with Gasteiger partial charge in [0.05, 0.1) is 6.04 Å². The number of anilines is 2. The third-order valence-electron chi connectivity index (χ3n) is 2.67. The lowest BCUT2D eigenvalue weighted by molar-refractivity contribution is 0.908. The predicted octanol–water partition coefficient (Wildman–Crippen LogP) is 4.12. The normalized spacial score (nSPS) is 12.4. The van der Waals surface area contributed by atoms with Gasteiger partial charge in [-0.15, -0.1) is 11.3 Å². The van der Waals surface area contributed by atoms with Crippen LogP contribution in [-0.4, -0.2) is 0 Å². The van der Waals surface area contributed by atoms with Crippen LogP contribution in [0.3, 0.4) is 0 Å². The van der Waals surface area contributed by atoms with E-state index in [1.165, 1.54) is 15.3 Å². The van der Waals surface area contributed by atoms with Crippen molar-refractivity contribution < 1.29 is 0 Å². The summed E-state index contributed by atoms with van der Waals surface area (Å²) >= 11 is 1.83. The lowest BCUT2D eigenvalue weighted by atomic mass is 10.1. The lowest BCUT2D eigenvalue weighted by Crippen LogP contribution is -2.05. The van der Waals surface area contributed by atoms with Crippen LogP contribution in [-0.2, 0) is 0 Å². The molecule has 1 aromatic carbocycles. The summed E-state index contributed by atoms with van der Waals surface area (Å²) in [5.41, 5.74) is 8.91. The van der Waals surface area contributed by atoms with Crippen LogP contribution in [0.25, 0.3) is 0 Å². The van der Waals surface area contributed by atoms with Gasteiger partial charge in [-0.25, -0.2) is 0 Å². The van der Waals surface area contributed by atoms with E-state index in [1.54, 1.807) is 0 Å². The van der Waals surface area contributed by atoms with E-state index in [1.807, 2.05) is 23.5 Å². The Hall–Kier alpha value is -1.48. The number of nitrogen functional groups attached to an aromatic ring is 1. The van der Waals surface area contributed by atoms with Gasteiger partial charge in [0.2, 0.25) is 0 Å². The van der Waals surface area contributed by atoms with Gasteiger partial charge in [-0.1, -0.05) is 0 Å². The van der Waals surface area contributed by atoms with Crippen molar-refractivity contribution in [1.29, 1.82) is 0 Å². The Morgan fingerprint density at radius 2 is 1.94 bits per heavy atom. The molecule has 0 aliphatic heterocycles. The fourth-order valence-electron chi connectivity index (χ4n) is 1.90. The van der Waals surface area contributed by atoms with E-state index in [0.29, 0.717) is 6.04 Å². The first-order valence-electron chi connectivity index (χ1n) is 5.74. The average Bonchev–Trinajstić information content (AvgIpc) is 2.63. The van der Waals surface area contributed by atoms with Gasteiger partial charge in [0, 0.05) is 21.1 Å². The zero-order valence-electron chi connectivity index (χ0n) is 10.4. The summed E-state index contributed by atoms with van der Waals surface area (Å²) in [4.78, 5) is 2.69. The Morgan fingerprint density at radius 3 is 2.53 bits per heavy atom. The summed E-state index contributed by atoms with van der Waals surface area (Å²) in [5.74, 6) is 0. The van der Waals surface area contributed by atoms with Crippen LogP contribution >= 0.6 is 11.3 Å². The molecule has 0 amide bonds. The van der Waals surface area contributed by atoms with Crippen LogP contribution in [0.1, 0.15) is 28.3 Å². The highest BCUT2D eigenvalue weighted by atomic mass is 32.1. The second-order valence-electron chi connectivity index (χ2n) is 4.45. The smallest absolute Gasteiger partial charge is 0.0578 e.